The molecule has 2 unspecified atom stereocenters. The predicted molar refractivity (Wildman–Crippen MR) is 113 cm³/mol. The molecule has 0 amide bonds. The number of ether oxygens (including phenoxy) is 4. The van der Waals surface area contributed by atoms with Gasteiger partial charge in [-0.1, -0.05) is 0 Å². The Hall–Kier alpha value is -1.61. The maximum atomic E-state index is 12.1. The molecule has 0 fully saturated rings. The molecule has 0 spiro atoms. The molecule has 0 aromatic heterocycles. The topological polar surface area (TPSA) is 207 Å². The van der Waals surface area contributed by atoms with Gasteiger partial charge >= 0.3 is 30.6 Å². The van der Waals surface area contributed by atoms with Gasteiger partial charge in [-0.3, -0.25) is 23.4 Å². The fourth-order valence-corrected chi connectivity index (χ4v) is 2.99. The van der Waals surface area contributed by atoms with Gasteiger partial charge in [0, 0.05) is 42.3 Å². The molecule has 0 saturated carbocycles. The highest BCUT2D eigenvalue weighted by molar-refractivity contribution is 9.18. The number of esters is 3. The van der Waals surface area contributed by atoms with E-state index in [2.05, 4.69) is 20.7 Å². The first-order valence-corrected chi connectivity index (χ1v) is 12.0. The monoisotopic (exact) mass is 565 g/mol. The molecule has 4 N–H and O–H groups in total. The lowest BCUT2D eigenvalue weighted by atomic mass is 10.3. The summed E-state index contributed by atoms with van der Waals surface area (Å²) in [5, 5.41) is 8.78. The Morgan fingerprint density at radius 1 is 0.909 bits per heavy atom. The number of phosphoric ester groups is 1. The maximum Gasteiger partial charge on any atom is 0.472 e. The van der Waals surface area contributed by atoms with Crippen molar-refractivity contribution in [1.82, 2.24) is 0 Å². The third-order valence-electron chi connectivity index (χ3n) is 3.43. The lowest BCUT2D eigenvalue weighted by molar-refractivity contribution is -0.161. The van der Waals surface area contributed by atoms with Gasteiger partial charge in [0.25, 0.3) is 0 Å². The second kappa shape index (κ2) is 17.8. The maximum absolute atomic E-state index is 12.1. The fraction of sp³-hybridized carbons (Fsp3) is 0.765. The average molecular weight is 566 g/mol. The van der Waals surface area contributed by atoms with Gasteiger partial charge in [-0.05, 0) is 19.4 Å². The SMILES string of the molecule is CC(=O)OC[C@H](COP(=O)(O)OCC(COC(=O)CCCN)OC(=O)CCCO)OC(=O)Br. The molecule has 0 aromatic rings. The van der Waals surface area contributed by atoms with E-state index in [0.717, 1.165) is 6.92 Å². The zero-order chi connectivity index (χ0) is 25.3. The van der Waals surface area contributed by atoms with Crippen molar-refractivity contribution in [3.8, 4) is 0 Å². The Bertz CT molecular complexity index is 677. The van der Waals surface area contributed by atoms with Crippen LogP contribution in [0.25, 0.3) is 0 Å². The summed E-state index contributed by atoms with van der Waals surface area (Å²) < 4.78 is 41.1. The molecular formula is C17H29BrNO13P. The number of carbonyl (C=O) groups is 4. The number of phosphoric acid groups is 1. The van der Waals surface area contributed by atoms with E-state index in [0.29, 0.717) is 6.42 Å². The van der Waals surface area contributed by atoms with Gasteiger partial charge in [-0.25, -0.2) is 9.36 Å². The minimum Gasteiger partial charge on any atom is -0.462 e. The summed E-state index contributed by atoms with van der Waals surface area (Å²) in [5.41, 5.74) is 5.31. The molecule has 0 bridgehead atoms. The van der Waals surface area contributed by atoms with Crippen LogP contribution in [-0.4, -0.2) is 84.6 Å². The van der Waals surface area contributed by atoms with Crippen LogP contribution in [0.15, 0.2) is 0 Å². The summed E-state index contributed by atoms with van der Waals surface area (Å²) in [7, 11) is -4.76. The highest BCUT2D eigenvalue weighted by atomic mass is 79.9. The van der Waals surface area contributed by atoms with Crippen LogP contribution >= 0.6 is 23.8 Å². The molecule has 16 heteroatoms. The standard InChI is InChI=1S/C17H29BrNO13P/c1-12(21)27-8-14(32-17(18)24)11-30-33(25,26)29-10-13(31-16(23)5-3-7-20)9-28-15(22)4-2-6-19/h13-14,20H,2-11,19H2,1H3,(H,25,26)/t13?,14-/m1/s1. The van der Waals surface area contributed by atoms with Crippen LogP contribution in [0.4, 0.5) is 4.79 Å². The highest BCUT2D eigenvalue weighted by Crippen LogP contribution is 2.43. The first kappa shape index (κ1) is 31.4. The predicted octanol–water partition coefficient (Wildman–Crippen LogP) is 0.550. The lowest BCUT2D eigenvalue weighted by Crippen LogP contribution is -2.30. The number of halogens is 1. The van der Waals surface area contributed by atoms with Crippen LogP contribution in [0.5, 0.6) is 0 Å². The summed E-state index contributed by atoms with van der Waals surface area (Å²) in [4.78, 5) is 54.3. The summed E-state index contributed by atoms with van der Waals surface area (Å²) in [6.07, 6.45) is -2.08. The minimum atomic E-state index is -4.76. The van der Waals surface area contributed by atoms with Gasteiger partial charge in [0.15, 0.2) is 12.2 Å². The first-order chi connectivity index (χ1) is 15.5. The van der Waals surface area contributed by atoms with E-state index in [4.69, 9.17) is 34.1 Å². The summed E-state index contributed by atoms with van der Waals surface area (Å²) in [6, 6.07) is 0. The van der Waals surface area contributed by atoms with E-state index >= 15 is 0 Å². The first-order valence-electron chi connectivity index (χ1n) is 9.76. The van der Waals surface area contributed by atoms with Gasteiger partial charge < -0.3 is 34.7 Å². The molecule has 0 aliphatic rings. The molecule has 3 atom stereocenters. The Morgan fingerprint density at radius 2 is 1.45 bits per heavy atom. The van der Waals surface area contributed by atoms with E-state index < -0.39 is 69.2 Å². The van der Waals surface area contributed by atoms with Gasteiger partial charge in [-0.2, -0.15) is 0 Å². The van der Waals surface area contributed by atoms with Crippen LogP contribution in [0.2, 0.25) is 0 Å². The van der Waals surface area contributed by atoms with Crippen molar-refractivity contribution in [2.45, 2.75) is 44.8 Å². The van der Waals surface area contributed by atoms with Gasteiger partial charge in [0.05, 0.1) is 13.2 Å². The number of carbonyl (C=O) groups excluding carboxylic acids is 4. The molecule has 0 rings (SSSR count). The Labute approximate surface area is 198 Å². The van der Waals surface area contributed by atoms with E-state index in [-0.39, 0.29) is 32.4 Å². The lowest BCUT2D eigenvalue weighted by Gasteiger charge is -2.21. The van der Waals surface area contributed by atoms with Crippen molar-refractivity contribution >= 4 is 46.5 Å². The van der Waals surface area contributed by atoms with Crippen molar-refractivity contribution in [3.05, 3.63) is 0 Å². The van der Waals surface area contributed by atoms with Crippen molar-refractivity contribution < 1.29 is 61.7 Å². The van der Waals surface area contributed by atoms with Gasteiger partial charge in [0.2, 0.25) is 0 Å². The molecule has 0 aliphatic heterocycles. The van der Waals surface area contributed by atoms with Crippen LogP contribution in [0.1, 0.15) is 32.6 Å². The third kappa shape index (κ3) is 18.5. The molecular weight excluding hydrogens is 537 g/mol. The van der Waals surface area contributed by atoms with Crippen molar-refractivity contribution in [3.63, 3.8) is 0 Å². The van der Waals surface area contributed by atoms with E-state index in [1.807, 2.05) is 0 Å². The highest BCUT2D eigenvalue weighted by Gasteiger charge is 2.28. The van der Waals surface area contributed by atoms with Crippen molar-refractivity contribution in [2.75, 3.05) is 39.6 Å². The average Bonchev–Trinajstić information content (AvgIpc) is 2.74. The minimum absolute atomic E-state index is 0.0279. The number of aliphatic hydroxyl groups is 1. The number of hydrogen-bond donors (Lipinski definition) is 3. The summed E-state index contributed by atoms with van der Waals surface area (Å²) >= 11 is 2.51. The molecule has 0 radical (unpaired) electrons. The third-order valence-corrected chi connectivity index (χ3v) is 4.57. The number of hydrogen-bond acceptors (Lipinski definition) is 13. The molecule has 0 heterocycles. The largest absolute Gasteiger partial charge is 0.472 e. The fourth-order valence-electron chi connectivity index (χ4n) is 1.94. The zero-order valence-corrected chi connectivity index (χ0v) is 20.5. The van der Waals surface area contributed by atoms with Crippen molar-refractivity contribution in [2.24, 2.45) is 5.73 Å². The number of nitrogens with two attached hydrogens (primary N) is 1. The summed E-state index contributed by atoms with van der Waals surface area (Å²) in [5.74, 6) is -2.05. The number of rotatable bonds is 18. The van der Waals surface area contributed by atoms with Crippen LogP contribution in [0.3, 0.4) is 0 Å². The quantitative estimate of drug-likeness (QED) is 0.0897. The zero-order valence-electron chi connectivity index (χ0n) is 18.0. The molecule has 33 heavy (non-hydrogen) atoms. The second-order valence-corrected chi connectivity index (χ2v) is 8.46. The molecule has 0 saturated heterocycles. The normalized spacial score (nSPS) is 14.5. The molecule has 192 valence electrons. The number of aliphatic hydroxyl groups excluding tert-OH is 1. The Morgan fingerprint density at radius 3 is 1.97 bits per heavy atom. The van der Waals surface area contributed by atoms with Crippen LogP contribution in [-0.2, 0) is 46.9 Å². The van der Waals surface area contributed by atoms with Gasteiger partial charge in [-0.15, -0.1) is 0 Å². The van der Waals surface area contributed by atoms with Gasteiger partial charge in [0.1, 0.15) is 13.2 Å². The van der Waals surface area contributed by atoms with Crippen LogP contribution < -0.4 is 5.73 Å². The van der Waals surface area contributed by atoms with E-state index in [9.17, 15) is 28.6 Å². The smallest absolute Gasteiger partial charge is 0.462 e. The van der Waals surface area contributed by atoms with E-state index in [1.165, 1.54) is 0 Å². The summed E-state index contributed by atoms with van der Waals surface area (Å²) in [6.45, 7) is -1.15. The van der Waals surface area contributed by atoms with E-state index in [1.54, 1.807) is 0 Å². The Kier molecular flexibility index (Phi) is 16.9. The second-order valence-electron chi connectivity index (χ2n) is 6.35. The molecule has 0 aromatic carbocycles. The molecule has 0 aliphatic carbocycles. The van der Waals surface area contributed by atoms with Crippen molar-refractivity contribution in [1.29, 1.82) is 0 Å². The molecule has 14 nitrogen and oxygen atoms in total. The Balaban J connectivity index is 4.87. The van der Waals surface area contributed by atoms with Crippen LogP contribution in [0, 0.1) is 0 Å².